The standard InChI is InChI=1S/C18H26N2O3/c1-13(2)10-15-4-3-8-20(15)18(21)14-5-7-19-17(11-14)23-16-6-9-22-12-16/h5,7,11,13,15-16H,3-4,6,8-10,12H2,1-2H3/t15-,16+/m1/s1. The number of rotatable bonds is 5. The van der Waals surface area contributed by atoms with Gasteiger partial charge in [0.05, 0.1) is 13.2 Å². The molecule has 0 spiro atoms. The van der Waals surface area contributed by atoms with Crippen molar-refractivity contribution in [3.8, 4) is 5.88 Å². The van der Waals surface area contributed by atoms with Crippen LogP contribution in [-0.2, 0) is 4.74 Å². The average molecular weight is 318 g/mol. The summed E-state index contributed by atoms with van der Waals surface area (Å²) in [5.74, 6) is 1.22. The zero-order valence-electron chi connectivity index (χ0n) is 14.0. The average Bonchev–Trinajstić information content (AvgIpc) is 3.18. The van der Waals surface area contributed by atoms with Crippen LogP contribution in [0, 0.1) is 5.92 Å². The quantitative estimate of drug-likeness (QED) is 0.837. The monoisotopic (exact) mass is 318 g/mol. The van der Waals surface area contributed by atoms with Crippen molar-refractivity contribution in [2.45, 2.75) is 51.7 Å². The van der Waals surface area contributed by atoms with Crippen LogP contribution < -0.4 is 4.74 Å². The molecule has 1 amide bonds. The van der Waals surface area contributed by atoms with Crippen LogP contribution in [0.4, 0.5) is 0 Å². The molecule has 0 unspecified atom stereocenters. The summed E-state index contributed by atoms with van der Waals surface area (Å²) in [6.07, 6.45) is 5.86. The van der Waals surface area contributed by atoms with Crippen molar-refractivity contribution in [3.05, 3.63) is 23.9 Å². The number of ether oxygens (including phenoxy) is 2. The van der Waals surface area contributed by atoms with Crippen LogP contribution in [0.1, 0.15) is 49.9 Å². The molecular weight excluding hydrogens is 292 g/mol. The first-order valence-electron chi connectivity index (χ1n) is 8.65. The Bertz CT molecular complexity index is 541. The zero-order valence-corrected chi connectivity index (χ0v) is 14.0. The van der Waals surface area contributed by atoms with Gasteiger partial charge in [-0.3, -0.25) is 4.79 Å². The van der Waals surface area contributed by atoms with Gasteiger partial charge in [0.25, 0.3) is 5.91 Å². The maximum atomic E-state index is 12.8. The van der Waals surface area contributed by atoms with Gasteiger partial charge >= 0.3 is 0 Å². The summed E-state index contributed by atoms with van der Waals surface area (Å²) in [7, 11) is 0. The van der Waals surface area contributed by atoms with E-state index in [-0.39, 0.29) is 12.0 Å². The molecule has 3 rings (SSSR count). The molecule has 23 heavy (non-hydrogen) atoms. The van der Waals surface area contributed by atoms with E-state index in [1.165, 1.54) is 0 Å². The maximum absolute atomic E-state index is 12.8. The number of amides is 1. The summed E-state index contributed by atoms with van der Waals surface area (Å²) in [4.78, 5) is 19.1. The fourth-order valence-corrected chi connectivity index (χ4v) is 3.44. The molecule has 126 valence electrons. The van der Waals surface area contributed by atoms with Gasteiger partial charge < -0.3 is 14.4 Å². The molecule has 5 nitrogen and oxygen atoms in total. The van der Waals surface area contributed by atoms with Crippen molar-refractivity contribution in [2.24, 2.45) is 5.92 Å². The van der Waals surface area contributed by atoms with E-state index in [2.05, 4.69) is 18.8 Å². The molecule has 2 aliphatic rings. The fraction of sp³-hybridized carbons (Fsp3) is 0.667. The molecule has 1 aromatic heterocycles. The summed E-state index contributed by atoms with van der Waals surface area (Å²) in [6, 6.07) is 3.92. The van der Waals surface area contributed by atoms with Crippen molar-refractivity contribution in [1.82, 2.24) is 9.88 Å². The number of hydrogen-bond donors (Lipinski definition) is 0. The van der Waals surface area contributed by atoms with E-state index in [1.807, 2.05) is 4.90 Å². The number of nitrogens with zero attached hydrogens (tertiary/aromatic N) is 2. The number of hydrogen-bond acceptors (Lipinski definition) is 4. The Morgan fingerprint density at radius 1 is 1.48 bits per heavy atom. The number of carbonyl (C=O) groups excluding carboxylic acids is 1. The SMILES string of the molecule is CC(C)C[C@H]1CCCN1C(=O)c1ccnc(O[C@H]2CCOC2)c1. The lowest BCUT2D eigenvalue weighted by Gasteiger charge is -2.26. The molecule has 2 atom stereocenters. The molecule has 2 fully saturated rings. The Hall–Kier alpha value is -1.62. The predicted octanol–water partition coefficient (Wildman–Crippen LogP) is 2.90. The molecular formula is C18H26N2O3. The molecule has 0 aromatic carbocycles. The van der Waals surface area contributed by atoms with Crippen molar-refractivity contribution in [1.29, 1.82) is 0 Å². The highest BCUT2D eigenvalue weighted by Crippen LogP contribution is 2.26. The molecule has 0 radical (unpaired) electrons. The van der Waals surface area contributed by atoms with Gasteiger partial charge in [0.1, 0.15) is 6.10 Å². The van der Waals surface area contributed by atoms with Crippen molar-refractivity contribution in [2.75, 3.05) is 19.8 Å². The summed E-state index contributed by atoms with van der Waals surface area (Å²) in [5.41, 5.74) is 0.671. The lowest BCUT2D eigenvalue weighted by Crippen LogP contribution is -2.36. The number of likely N-dealkylation sites (tertiary alicyclic amines) is 1. The maximum Gasteiger partial charge on any atom is 0.254 e. The first-order chi connectivity index (χ1) is 11.1. The van der Waals surface area contributed by atoms with E-state index in [0.29, 0.717) is 30.0 Å². The van der Waals surface area contributed by atoms with Gasteiger partial charge in [-0.15, -0.1) is 0 Å². The molecule has 0 saturated carbocycles. The zero-order chi connectivity index (χ0) is 16.2. The minimum atomic E-state index is 0.0494. The molecule has 3 heterocycles. The molecule has 2 saturated heterocycles. The van der Waals surface area contributed by atoms with Crippen LogP contribution in [0.5, 0.6) is 5.88 Å². The van der Waals surface area contributed by atoms with Gasteiger partial charge in [-0.2, -0.15) is 0 Å². The Morgan fingerprint density at radius 2 is 2.35 bits per heavy atom. The van der Waals surface area contributed by atoms with Crippen LogP contribution in [-0.4, -0.2) is 47.7 Å². The van der Waals surface area contributed by atoms with E-state index in [1.54, 1.807) is 18.3 Å². The van der Waals surface area contributed by atoms with E-state index in [4.69, 9.17) is 9.47 Å². The third-order valence-electron chi connectivity index (χ3n) is 4.54. The number of aromatic nitrogens is 1. The molecule has 2 aliphatic heterocycles. The second-order valence-corrected chi connectivity index (χ2v) is 6.91. The van der Waals surface area contributed by atoms with Gasteiger partial charge in [0.15, 0.2) is 0 Å². The topological polar surface area (TPSA) is 51.7 Å². The Labute approximate surface area is 138 Å². The normalized spacial score (nSPS) is 24.4. The third kappa shape index (κ3) is 4.02. The van der Waals surface area contributed by atoms with Gasteiger partial charge in [-0.05, 0) is 31.2 Å². The van der Waals surface area contributed by atoms with Gasteiger partial charge in [-0.1, -0.05) is 13.8 Å². The number of carbonyl (C=O) groups is 1. The second-order valence-electron chi connectivity index (χ2n) is 6.91. The van der Waals surface area contributed by atoms with Gasteiger partial charge in [0, 0.05) is 36.8 Å². The summed E-state index contributed by atoms with van der Waals surface area (Å²) < 4.78 is 11.1. The van der Waals surface area contributed by atoms with Crippen LogP contribution >= 0.6 is 0 Å². The predicted molar refractivity (Wildman–Crippen MR) is 87.6 cm³/mol. The fourth-order valence-electron chi connectivity index (χ4n) is 3.44. The van der Waals surface area contributed by atoms with Crippen LogP contribution in [0.25, 0.3) is 0 Å². The summed E-state index contributed by atoms with van der Waals surface area (Å²) >= 11 is 0. The molecule has 5 heteroatoms. The Kier molecular flexibility index (Phi) is 5.16. The smallest absolute Gasteiger partial charge is 0.254 e. The lowest BCUT2D eigenvalue weighted by atomic mass is 10.0. The summed E-state index contributed by atoms with van der Waals surface area (Å²) in [6.45, 7) is 6.60. The van der Waals surface area contributed by atoms with E-state index in [0.717, 1.165) is 38.8 Å². The second kappa shape index (κ2) is 7.30. The van der Waals surface area contributed by atoms with Crippen LogP contribution in [0.2, 0.25) is 0 Å². The van der Waals surface area contributed by atoms with Gasteiger partial charge in [-0.25, -0.2) is 4.98 Å². The first-order valence-corrected chi connectivity index (χ1v) is 8.65. The van der Waals surface area contributed by atoms with Crippen molar-refractivity contribution >= 4 is 5.91 Å². The van der Waals surface area contributed by atoms with E-state index >= 15 is 0 Å². The van der Waals surface area contributed by atoms with Gasteiger partial charge in [0.2, 0.25) is 5.88 Å². The largest absolute Gasteiger partial charge is 0.472 e. The molecule has 0 N–H and O–H groups in total. The minimum Gasteiger partial charge on any atom is -0.472 e. The number of pyridine rings is 1. The molecule has 0 bridgehead atoms. The van der Waals surface area contributed by atoms with E-state index in [9.17, 15) is 4.79 Å². The van der Waals surface area contributed by atoms with Crippen LogP contribution in [0.3, 0.4) is 0 Å². The minimum absolute atomic E-state index is 0.0494. The van der Waals surface area contributed by atoms with Crippen LogP contribution in [0.15, 0.2) is 18.3 Å². The van der Waals surface area contributed by atoms with Crippen molar-refractivity contribution in [3.63, 3.8) is 0 Å². The molecule has 1 aromatic rings. The lowest BCUT2D eigenvalue weighted by molar-refractivity contribution is 0.0720. The van der Waals surface area contributed by atoms with E-state index < -0.39 is 0 Å². The highest BCUT2D eigenvalue weighted by molar-refractivity contribution is 5.94. The Balaban J connectivity index is 1.68. The van der Waals surface area contributed by atoms with Crippen molar-refractivity contribution < 1.29 is 14.3 Å². The first kappa shape index (κ1) is 16.2. The highest BCUT2D eigenvalue weighted by atomic mass is 16.5. The third-order valence-corrected chi connectivity index (χ3v) is 4.54. The molecule has 0 aliphatic carbocycles. The highest BCUT2D eigenvalue weighted by Gasteiger charge is 2.30. The Morgan fingerprint density at radius 3 is 3.09 bits per heavy atom. The summed E-state index contributed by atoms with van der Waals surface area (Å²) in [5, 5.41) is 0.